The van der Waals surface area contributed by atoms with Crippen LogP contribution >= 0.6 is 0 Å². The number of nitrogens with zero attached hydrogens (tertiary/aromatic N) is 1. The van der Waals surface area contributed by atoms with E-state index in [0.29, 0.717) is 18.8 Å². The van der Waals surface area contributed by atoms with Gasteiger partial charge < -0.3 is 9.47 Å². The van der Waals surface area contributed by atoms with E-state index < -0.39 is 10.0 Å². The van der Waals surface area contributed by atoms with Crippen LogP contribution in [0.25, 0.3) is 0 Å². The second-order valence-electron chi connectivity index (χ2n) is 5.67. The van der Waals surface area contributed by atoms with Crippen molar-refractivity contribution in [3.63, 3.8) is 0 Å². The lowest BCUT2D eigenvalue weighted by molar-refractivity contribution is -0.0441. The van der Waals surface area contributed by atoms with Gasteiger partial charge in [-0.15, -0.1) is 0 Å². The van der Waals surface area contributed by atoms with Crippen LogP contribution in [-0.4, -0.2) is 45.1 Å². The minimum absolute atomic E-state index is 0.110. The molecule has 1 heterocycles. The Labute approximate surface area is 126 Å². The third kappa shape index (κ3) is 3.22. The minimum Gasteiger partial charge on any atom is -0.495 e. The molecule has 2 atom stereocenters. The highest BCUT2D eigenvalue weighted by molar-refractivity contribution is 7.89. The van der Waals surface area contributed by atoms with Crippen molar-refractivity contribution in [2.75, 3.05) is 20.2 Å². The van der Waals surface area contributed by atoms with Gasteiger partial charge in [-0.25, -0.2) is 8.42 Å². The van der Waals surface area contributed by atoms with E-state index in [9.17, 15) is 8.42 Å². The molecule has 0 bridgehead atoms. The quantitative estimate of drug-likeness (QED) is 0.857. The molecule has 0 unspecified atom stereocenters. The molecule has 5 nitrogen and oxygen atoms in total. The maximum atomic E-state index is 12.9. The predicted octanol–water partition coefficient (Wildman–Crippen LogP) is 2.11. The van der Waals surface area contributed by atoms with Gasteiger partial charge in [-0.3, -0.25) is 0 Å². The summed E-state index contributed by atoms with van der Waals surface area (Å²) in [6, 6.07) is 3.46. The standard InChI is InChI=1S/C15H23NO4S/c1-10-6-14(19-5)15(7-11(10)2)21(17,18)16-8-12(3)20-13(4)9-16/h6-7,12-13H,8-9H2,1-5H3/t12-,13-/m0/s1. The number of hydrogen-bond donors (Lipinski definition) is 0. The second-order valence-corrected chi connectivity index (χ2v) is 7.57. The first-order valence-electron chi connectivity index (χ1n) is 7.06. The van der Waals surface area contributed by atoms with E-state index in [1.165, 1.54) is 11.4 Å². The summed E-state index contributed by atoms with van der Waals surface area (Å²) in [5.74, 6) is 0.393. The van der Waals surface area contributed by atoms with Crippen LogP contribution in [0.2, 0.25) is 0 Å². The first-order chi connectivity index (χ1) is 9.75. The Kier molecular flexibility index (Phi) is 4.60. The summed E-state index contributed by atoms with van der Waals surface area (Å²) in [6.45, 7) is 8.34. The molecule has 118 valence electrons. The van der Waals surface area contributed by atoms with Crippen molar-refractivity contribution < 1.29 is 17.9 Å². The second kappa shape index (κ2) is 5.94. The molecule has 0 amide bonds. The molecule has 1 aliphatic heterocycles. The Hall–Kier alpha value is -1.11. The average Bonchev–Trinajstić information content (AvgIpc) is 2.40. The smallest absolute Gasteiger partial charge is 0.246 e. The van der Waals surface area contributed by atoms with Crippen LogP contribution < -0.4 is 4.74 Å². The largest absolute Gasteiger partial charge is 0.495 e. The molecule has 1 aromatic carbocycles. The summed E-state index contributed by atoms with van der Waals surface area (Å²) < 4.78 is 38.2. The lowest BCUT2D eigenvalue weighted by Crippen LogP contribution is -2.48. The van der Waals surface area contributed by atoms with Gasteiger partial charge >= 0.3 is 0 Å². The monoisotopic (exact) mass is 313 g/mol. The van der Waals surface area contributed by atoms with E-state index in [2.05, 4.69) is 0 Å². The Bertz CT molecular complexity index is 617. The number of methoxy groups -OCH3 is 1. The number of morpholine rings is 1. The summed E-state index contributed by atoms with van der Waals surface area (Å²) in [6.07, 6.45) is -0.220. The van der Waals surface area contributed by atoms with Gasteiger partial charge in [0.2, 0.25) is 10.0 Å². The SMILES string of the molecule is COc1cc(C)c(C)cc1S(=O)(=O)N1C[C@H](C)O[C@@H](C)C1. The Morgan fingerprint density at radius 2 is 1.67 bits per heavy atom. The highest BCUT2D eigenvalue weighted by Crippen LogP contribution is 2.31. The molecule has 21 heavy (non-hydrogen) atoms. The van der Waals surface area contributed by atoms with Crippen LogP contribution in [0.3, 0.4) is 0 Å². The molecule has 0 radical (unpaired) electrons. The van der Waals surface area contributed by atoms with Crippen LogP contribution in [0, 0.1) is 13.8 Å². The average molecular weight is 313 g/mol. The van der Waals surface area contributed by atoms with Crippen LogP contribution in [0.4, 0.5) is 0 Å². The molecule has 2 rings (SSSR count). The zero-order valence-corrected chi connectivity index (χ0v) is 14.0. The van der Waals surface area contributed by atoms with E-state index in [1.54, 1.807) is 12.1 Å². The molecule has 0 aromatic heterocycles. The van der Waals surface area contributed by atoms with Gasteiger partial charge in [-0.05, 0) is 51.0 Å². The Morgan fingerprint density at radius 3 is 2.19 bits per heavy atom. The van der Waals surface area contributed by atoms with Gasteiger partial charge in [0.1, 0.15) is 10.6 Å². The van der Waals surface area contributed by atoms with Crippen LogP contribution in [0.1, 0.15) is 25.0 Å². The van der Waals surface area contributed by atoms with Gasteiger partial charge in [-0.2, -0.15) is 4.31 Å². The fourth-order valence-electron chi connectivity index (χ4n) is 2.59. The topological polar surface area (TPSA) is 55.8 Å². The Morgan fingerprint density at radius 1 is 1.14 bits per heavy atom. The van der Waals surface area contributed by atoms with E-state index in [1.807, 2.05) is 27.7 Å². The number of hydrogen-bond acceptors (Lipinski definition) is 4. The molecule has 0 spiro atoms. The number of sulfonamides is 1. The van der Waals surface area contributed by atoms with Crippen molar-refractivity contribution in [1.29, 1.82) is 0 Å². The lowest BCUT2D eigenvalue weighted by atomic mass is 10.1. The third-order valence-corrected chi connectivity index (χ3v) is 5.64. The zero-order chi connectivity index (χ0) is 15.8. The zero-order valence-electron chi connectivity index (χ0n) is 13.2. The lowest BCUT2D eigenvalue weighted by Gasteiger charge is -2.34. The van der Waals surface area contributed by atoms with Crippen LogP contribution in [0.5, 0.6) is 5.75 Å². The minimum atomic E-state index is -3.58. The van der Waals surface area contributed by atoms with Crippen LogP contribution in [-0.2, 0) is 14.8 Å². The highest BCUT2D eigenvalue weighted by Gasteiger charge is 2.34. The molecular formula is C15H23NO4S. The molecule has 1 aromatic rings. The van der Waals surface area contributed by atoms with Crippen molar-refractivity contribution in [3.8, 4) is 5.75 Å². The van der Waals surface area contributed by atoms with Gasteiger partial charge in [0.25, 0.3) is 0 Å². The number of ether oxygens (including phenoxy) is 2. The normalized spacial score (nSPS) is 24.0. The summed E-state index contributed by atoms with van der Waals surface area (Å²) >= 11 is 0. The molecule has 0 aliphatic carbocycles. The third-order valence-electron chi connectivity index (χ3n) is 3.78. The molecule has 1 aliphatic rings. The maximum absolute atomic E-state index is 12.9. The molecule has 1 saturated heterocycles. The summed E-state index contributed by atoms with van der Waals surface area (Å²) in [4.78, 5) is 0.231. The van der Waals surface area contributed by atoms with Crippen LogP contribution in [0.15, 0.2) is 17.0 Å². The maximum Gasteiger partial charge on any atom is 0.246 e. The number of aryl methyl sites for hydroxylation is 2. The van der Waals surface area contributed by atoms with Crippen molar-refractivity contribution in [2.45, 2.75) is 44.8 Å². The number of benzene rings is 1. The van der Waals surface area contributed by atoms with Gasteiger partial charge in [0.05, 0.1) is 19.3 Å². The molecule has 1 fully saturated rings. The molecule has 0 N–H and O–H groups in total. The number of rotatable bonds is 3. The summed E-state index contributed by atoms with van der Waals surface area (Å²) in [7, 11) is -2.09. The van der Waals surface area contributed by atoms with Crippen molar-refractivity contribution >= 4 is 10.0 Å². The molecular weight excluding hydrogens is 290 g/mol. The molecule has 6 heteroatoms. The predicted molar refractivity (Wildman–Crippen MR) is 81.2 cm³/mol. The van der Waals surface area contributed by atoms with E-state index in [-0.39, 0.29) is 17.1 Å². The van der Waals surface area contributed by atoms with E-state index in [4.69, 9.17) is 9.47 Å². The first-order valence-corrected chi connectivity index (χ1v) is 8.50. The fraction of sp³-hybridized carbons (Fsp3) is 0.600. The summed E-state index contributed by atoms with van der Waals surface area (Å²) in [5, 5.41) is 0. The van der Waals surface area contributed by atoms with E-state index in [0.717, 1.165) is 11.1 Å². The van der Waals surface area contributed by atoms with Gasteiger partial charge in [0.15, 0.2) is 0 Å². The van der Waals surface area contributed by atoms with E-state index >= 15 is 0 Å². The highest BCUT2D eigenvalue weighted by atomic mass is 32.2. The van der Waals surface area contributed by atoms with Gasteiger partial charge in [0, 0.05) is 13.1 Å². The molecule has 0 saturated carbocycles. The van der Waals surface area contributed by atoms with Crippen molar-refractivity contribution in [2.24, 2.45) is 0 Å². The fourth-order valence-corrected chi connectivity index (χ4v) is 4.40. The first kappa shape index (κ1) is 16.3. The van der Waals surface area contributed by atoms with Gasteiger partial charge in [-0.1, -0.05) is 0 Å². The van der Waals surface area contributed by atoms with Crippen molar-refractivity contribution in [3.05, 3.63) is 23.3 Å². The Balaban J connectivity index is 2.46. The summed E-state index contributed by atoms with van der Waals surface area (Å²) in [5.41, 5.74) is 1.94. The van der Waals surface area contributed by atoms with Crippen molar-refractivity contribution in [1.82, 2.24) is 4.31 Å².